The molecule has 0 bridgehead atoms. The van der Waals surface area contributed by atoms with Crippen LogP contribution in [0.25, 0.3) is 10.9 Å². The van der Waals surface area contributed by atoms with E-state index in [4.69, 9.17) is 26.1 Å². The SMILES string of the molecule is CCOc1cc(C=Nn2c(C3CCCCC3)nc3ccc(Br)cc3c2=O)c(Br)c(Cl)c1O[C@H](C)CC. The van der Waals surface area contributed by atoms with Crippen LogP contribution in [0, 0.1) is 0 Å². The molecule has 2 aromatic carbocycles. The van der Waals surface area contributed by atoms with Crippen LogP contribution in [0.15, 0.2) is 43.1 Å². The van der Waals surface area contributed by atoms with E-state index >= 15 is 0 Å². The molecule has 1 fully saturated rings. The second kappa shape index (κ2) is 12.1. The van der Waals surface area contributed by atoms with Crippen LogP contribution in [-0.4, -0.2) is 28.6 Å². The summed E-state index contributed by atoms with van der Waals surface area (Å²) in [6.45, 7) is 6.40. The van der Waals surface area contributed by atoms with Gasteiger partial charge >= 0.3 is 0 Å². The minimum Gasteiger partial charge on any atom is -0.490 e. The van der Waals surface area contributed by atoms with Gasteiger partial charge in [-0.1, -0.05) is 53.7 Å². The summed E-state index contributed by atoms with van der Waals surface area (Å²) in [5.74, 6) is 1.92. The van der Waals surface area contributed by atoms with E-state index in [0.717, 1.165) is 36.6 Å². The smallest absolute Gasteiger partial charge is 0.282 e. The average Bonchev–Trinajstić information content (AvgIpc) is 2.89. The number of fused-ring (bicyclic) bond motifs is 1. The van der Waals surface area contributed by atoms with E-state index < -0.39 is 0 Å². The van der Waals surface area contributed by atoms with Crippen molar-refractivity contribution in [3.63, 3.8) is 0 Å². The van der Waals surface area contributed by atoms with Gasteiger partial charge in [0.15, 0.2) is 11.5 Å². The van der Waals surface area contributed by atoms with Gasteiger partial charge in [0.1, 0.15) is 10.8 Å². The fraction of sp³-hybridized carbons (Fsp3) is 0.444. The van der Waals surface area contributed by atoms with E-state index in [1.807, 2.05) is 39.0 Å². The fourth-order valence-electron chi connectivity index (χ4n) is 4.38. The number of aromatic nitrogens is 2. The standard InChI is InChI=1S/C27H30Br2ClN3O3/c1-4-16(3)36-25-22(35-5-2)13-18(23(29)24(25)30)15-31-33-26(17-9-7-6-8-10-17)32-21-12-11-19(28)14-20(21)27(33)34/h11-17H,4-10H2,1-3H3/t16-/m1/s1. The molecular weight excluding hydrogens is 610 g/mol. The van der Waals surface area contributed by atoms with Gasteiger partial charge in [0.25, 0.3) is 5.56 Å². The molecule has 0 aliphatic heterocycles. The number of rotatable bonds is 8. The van der Waals surface area contributed by atoms with Crippen molar-refractivity contribution in [2.24, 2.45) is 5.10 Å². The zero-order valence-electron chi connectivity index (χ0n) is 20.7. The molecule has 6 nitrogen and oxygen atoms in total. The van der Waals surface area contributed by atoms with Crippen LogP contribution in [0.2, 0.25) is 5.02 Å². The summed E-state index contributed by atoms with van der Waals surface area (Å²) in [6, 6.07) is 7.41. The highest BCUT2D eigenvalue weighted by Gasteiger charge is 2.23. The van der Waals surface area contributed by atoms with Crippen LogP contribution in [0.5, 0.6) is 11.5 Å². The molecule has 1 heterocycles. The van der Waals surface area contributed by atoms with Gasteiger partial charge in [-0.2, -0.15) is 9.78 Å². The molecular formula is C27H30Br2ClN3O3. The summed E-state index contributed by atoms with van der Waals surface area (Å²) in [5, 5.41) is 5.58. The van der Waals surface area contributed by atoms with E-state index in [0.29, 0.717) is 49.9 Å². The fourth-order valence-corrected chi connectivity index (χ4v) is 5.38. The van der Waals surface area contributed by atoms with Crippen molar-refractivity contribution >= 4 is 60.6 Å². The Morgan fingerprint density at radius 3 is 2.67 bits per heavy atom. The second-order valence-corrected chi connectivity index (χ2v) is 11.1. The van der Waals surface area contributed by atoms with Crippen molar-refractivity contribution in [3.8, 4) is 11.5 Å². The third-order valence-corrected chi connectivity index (χ3v) is 8.40. The van der Waals surface area contributed by atoms with Crippen LogP contribution in [0.4, 0.5) is 0 Å². The lowest BCUT2D eigenvalue weighted by Gasteiger charge is -2.23. The summed E-state index contributed by atoms with van der Waals surface area (Å²) in [7, 11) is 0. The van der Waals surface area contributed by atoms with Crippen LogP contribution in [0.1, 0.15) is 76.6 Å². The maximum atomic E-state index is 13.6. The lowest BCUT2D eigenvalue weighted by molar-refractivity contribution is 0.203. The third kappa shape index (κ3) is 5.81. The highest BCUT2D eigenvalue weighted by Crippen LogP contribution is 2.43. The zero-order valence-corrected chi connectivity index (χ0v) is 24.6. The molecule has 0 radical (unpaired) electrons. The van der Waals surface area contributed by atoms with Gasteiger partial charge in [-0.05, 0) is 73.3 Å². The first-order valence-electron chi connectivity index (χ1n) is 12.4. The Balaban J connectivity index is 1.84. The predicted octanol–water partition coefficient (Wildman–Crippen LogP) is 8.08. The minimum atomic E-state index is -0.193. The van der Waals surface area contributed by atoms with E-state index in [1.54, 1.807) is 12.3 Å². The van der Waals surface area contributed by atoms with Crippen molar-refractivity contribution in [3.05, 3.63) is 60.0 Å². The quantitative estimate of drug-likeness (QED) is 0.234. The van der Waals surface area contributed by atoms with Gasteiger partial charge < -0.3 is 9.47 Å². The van der Waals surface area contributed by atoms with Gasteiger partial charge in [-0.3, -0.25) is 4.79 Å². The van der Waals surface area contributed by atoms with Gasteiger partial charge in [-0.15, -0.1) is 0 Å². The molecule has 0 saturated heterocycles. The zero-order chi connectivity index (χ0) is 25.8. The van der Waals surface area contributed by atoms with Gasteiger partial charge in [-0.25, -0.2) is 4.98 Å². The maximum absolute atomic E-state index is 13.6. The summed E-state index contributed by atoms with van der Waals surface area (Å²) in [4.78, 5) is 18.5. The normalized spacial score (nSPS) is 15.5. The Bertz CT molecular complexity index is 1340. The number of nitrogens with zero attached hydrogens (tertiary/aromatic N) is 3. The minimum absolute atomic E-state index is 0.0206. The number of benzene rings is 2. The molecule has 0 N–H and O–H groups in total. The molecule has 192 valence electrons. The molecule has 0 amide bonds. The van der Waals surface area contributed by atoms with E-state index in [2.05, 4.69) is 37.0 Å². The summed E-state index contributed by atoms with van der Waals surface area (Å²) in [6.07, 6.45) is 7.89. The van der Waals surface area contributed by atoms with Crippen molar-refractivity contribution in [2.75, 3.05) is 6.61 Å². The average molecular weight is 640 g/mol. The summed E-state index contributed by atoms with van der Waals surface area (Å²) < 4.78 is 14.8. The van der Waals surface area contributed by atoms with Gasteiger partial charge in [0.2, 0.25) is 0 Å². The van der Waals surface area contributed by atoms with Crippen LogP contribution in [-0.2, 0) is 0 Å². The first-order valence-corrected chi connectivity index (χ1v) is 14.4. The van der Waals surface area contributed by atoms with Crippen molar-refractivity contribution < 1.29 is 9.47 Å². The summed E-state index contributed by atoms with van der Waals surface area (Å²) >= 11 is 13.8. The van der Waals surface area contributed by atoms with Crippen LogP contribution >= 0.6 is 43.5 Å². The molecule has 1 atom stereocenters. The third-order valence-electron chi connectivity index (χ3n) is 6.47. The summed E-state index contributed by atoms with van der Waals surface area (Å²) in [5.41, 5.74) is 1.17. The Hall–Kier alpha value is -1.90. The molecule has 4 rings (SSSR count). The molecule has 1 aromatic heterocycles. The second-order valence-electron chi connectivity index (χ2n) is 9.02. The van der Waals surface area contributed by atoms with E-state index in [9.17, 15) is 4.79 Å². The Labute approximate surface area is 233 Å². The number of hydrogen-bond donors (Lipinski definition) is 0. The maximum Gasteiger partial charge on any atom is 0.282 e. The van der Waals surface area contributed by atoms with Crippen LogP contribution in [0.3, 0.4) is 0 Å². The number of hydrogen-bond acceptors (Lipinski definition) is 5. The Morgan fingerprint density at radius 1 is 1.22 bits per heavy atom. The molecule has 36 heavy (non-hydrogen) atoms. The Morgan fingerprint density at radius 2 is 1.97 bits per heavy atom. The molecule has 1 aliphatic rings. The van der Waals surface area contributed by atoms with Gasteiger partial charge in [0.05, 0.1) is 29.8 Å². The largest absolute Gasteiger partial charge is 0.490 e. The highest BCUT2D eigenvalue weighted by atomic mass is 79.9. The van der Waals surface area contributed by atoms with Crippen molar-refractivity contribution in [1.82, 2.24) is 9.66 Å². The highest BCUT2D eigenvalue weighted by molar-refractivity contribution is 9.10. The topological polar surface area (TPSA) is 65.7 Å². The number of ether oxygens (including phenoxy) is 2. The van der Waals surface area contributed by atoms with E-state index in [-0.39, 0.29) is 17.6 Å². The first kappa shape index (κ1) is 27.1. The van der Waals surface area contributed by atoms with Crippen LogP contribution < -0.4 is 15.0 Å². The Kier molecular flexibility index (Phi) is 9.12. The number of halogens is 3. The molecule has 1 aliphatic carbocycles. The van der Waals surface area contributed by atoms with Gasteiger partial charge in [0, 0.05) is 20.4 Å². The van der Waals surface area contributed by atoms with Crippen molar-refractivity contribution in [1.29, 1.82) is 0 Å². The molecule has 9 heteroatoms. The predicted molar refractivity (Wildman–Crippen MR) is 153 cm³/mol. The molecule has 1 saturated carbocycles. The van der Waals surface area contributed by atoms with Crippen molar-refractivity contribution in [2.45, 2.75) is 71.3 Å². The lowest BCUT2D eigenvalue weighted by Crippen LogP contribution is -2.25. The van der Waals surface area contributed by atoms with E-state index in [1.165, 1.54) is 11.1 Å². The molecule has 0 spiro atoms. The first-order chi connectivity index (χ1) is 17.3. The molecule has 0 unspecified atom stereocenters. The molecule has 3 aromatic rings. The monoisotopic (exact) mass is 637 g/mol. The lowest BCUT2D eigenvalue weighted by atomic mass is 9.88.